The highest BCUT2D eigenvalue weighted by Gasteiger charge is 2.18. The van der Waals surface area contributed by atoms with Gasteiger partial charge in [0, 0.05) is 19.7 Å². The van der Waals surface area contributed by atoms with Crippen LogP contribution in [0.15, 0.2) is 12.4 Å². The quantitative estimate of drug-likeness (QED) is 0.484. The van der Waals surface area contributed by atoms with Crippen LogP contribution in [-0.4, -0.2) is 57.0 Å². The fraction of sp³-hybridized carbons (Fsp3) is 0.692. The lowest BCUT2D eigenvalue weighted by Gasteiger charge is -2.17. The van der Waals surface area contributed by atoms with Gasteiger partial charge in [-0.3, -0.25) is 9.97 Å². The van der Waals surface area contributed by atoms with Crippen molar-refractivity contribution in [2.75, 3.05) is 19.5 Å². The molecule has 0 unspecified atom stereocenters. The molecule has 1 heterocycles. The molecule has 1 rings (SSSR count). The van der Waals surface area contributed by atoms with Crippen molar-refractivity contribution in [1.29, 1.82) is 0 Å². The summed E-state index contributed by atoms with van der Waals surface area (Å²) in [4.78, 5) is 8.47. The topological polar surface area (TPSA) is 95.7 Å². The second-order valence-electron chi connectivity index (χ2n) is 4.55. The van der Waals surface area contributed by atoms with Crippen LogP contribution in [0.1, 0.15) is 30.3 Å². The molecule has 7 heteroatoms. The van der Waals surface area contributed by atoms with E-state index in [9.17, 15) is 10.2 Å². The maximum atomic E-state index is 9.68. The van der Waals surface area contributed by atoms with Crippen molar-refractivity contribution < 1.29 is 20.1 Å². The molecule has 20 heavy (non-hydrogen) atoms. The first-order valence-corrected chi connectivity index (χ1v) is 7.17. The maximum absolute atomic E-state index is 9.68. The van der Waals surface area contributed by atoms with E-state index >= 15 is 0 Å². The molecule has 6 nitrogen and oxygen atoms in total. The highest BCUT2D eigenvalue weighted by atomic mass is 32.1. The number of aliphatic hydroxyl groups is 3. The minimum atomic E-state index is -1.18. The van der Waals surface area contributed by atoms with Crippen LogP contribution in [0.2, 0.25) is 0 Å². The summed E-state index contributed by atoms with van der Waals surface area (Å²) in [6, 6.07) is 0. The third kappa shape index (κ3) is 5.34. The van der Waals surface area contributed by atoms with Gasteiger partial charge in [-0.2, -0.15) is 12.6 Å². The number of hydrogen-bond donors (Lipinski definition) is 4. The number of aliphatic hydroxyl groups excluding tert-OH is 3. The highest BCUT2D eigenvalue weighted by molar-refractivity contribution is 7.80. The van der Waals surface area contributed by atoms with Gasteiger partial charge in [0.15, 0.2) is 0 Å². The fourth-order valence-corrected chi connectivity index (χ4v) is 1.99. The Balaban J connectivity index is 2.73. The van der Waals surface area contributed by atoms with Crippen LogP contribution in [0.3, 0.4) is 0 Å². The van der Waals surface area contributed by atoms with Gasteiger partial charge in [-0.1, -0.05) is 0 Å². The molecule has 1 aromatic rings. The lowest BCUT2D eigenvalue weighted by Crippen LogP contribution is -2.31. The molecule has 0 fully saturated rings. The van der Waals surface area contributed by atoms with E-state index in [1.165, 1.54) is 6.20 Å². The van der Waals surface area contributed by atoms with E-state index in [0.717, 1.165) is 18.6 Å². The van der Waals surface area contributed by atoms with Gasteiger partial charge in [-0.05, 0) is 18.6 Å². The zero-order valence-corrected chi connectivity index (χ0v) is 12.4. The highest BCUT2D eigenvalue weighted by Crippen LogP contribution is 2.20. The van der Waals surface area contributed by atoms with E-state index in [4.69, 9.17) is 9.84 Å². The lowest BCUT2D eigenvalue weighted by atomic mass is 10.1. The van der Waals surface area contributed by atoms with Gasteiger partial charge in [-0.25, -0.2) is 0 Å². The smallest absolute Gasteiger partial charge is 0.103 e. The summed E-state index contributed by atoms with van der Waals surface area (Å²) in [6.45, 7) is -0.489. The van der Waals surface area contributed by atoms with Crippen molar-refractivity contribution in [2.45, 2.75) is 37.6 Å². The Morgan fingerprint density at radius 2 is 2.05 bits per heavy atom. The monoisotopic (exact) mass is 302 g/mol. The van der Waals surface area contributed by atoms with Crippen molar-refractivity contribution in [3.05, 3.63) is 23.8 Å². The summed E-state index contributed by atoms with van der Waals surface area (Å²) in [5, 5.41) is 27.8. The lowest BCUT2D eigenvalue weighted by molar-refractivity contribution is -0.0138. The van der Waals surface area contributed by atoms with Crippen molar-refractivity contribution in [3.8, 4) is 0 Å². The third-order valence-electron chi connectivity index (χ3n) is 2.99. The van der Waals surface area contributed by atoms with Gasteiger partial charge in [0.2, 0.25) is 0 Å². The van der Waals surface area contributed by atoms with Gasteiger partial charge in [0.1, 0.15) is 12.2 Å². The van der Waals surface area contributed by atoms with Gasteiger partial charge < -0.3 is 20.1 Å². The van der Waals surface area contributed by atoms with E-state index < -0.39 is 18.8 Å². The van der Waals surface area contributed by atoms with Crippen LogP contribution >= 0.6 is 12.6 Å². The van der Waals surface area contributed by atoms with E-state index in [1.807, 2.05) is 0 Å². The fourth-order valence-electron chi connectivity index (χ4n) is 1.81. The first-order chi connectivity index (χ1) is 9.62. The molecule has 3 atom stereocenters. The second kappa shape index (κ2) is 9.25. The number of methoxy groups -OCH3 is 1. The molecule has 0 spiro atoms. The predicted octanol–water partition coefficient (Wildman–Crippen LogP) is 0.131. The normalized spacial score (nSPS) is 15.8. The number of ether oxygens (including phenoxy) is 1. The predicted molar refractivity (Wildman–Crippen MR) is 77.7 cm³/mol. The van der Waals surface area contributed by atoms with Crippen LogP contribution < -0.4 is 0 Å². The molecule has 114 valence electrons. The average Bonchev–Trinajstić information content (AvgIpc) is 2.47. The molecule has 0 bridgehead atoms. The van der Waals surface area contributed by atoms with Crippen LogP contribution in [0.5, 0.6) is 0 Å². The SMILES string of the molecule is CO[C@H](CCCS)c1cncc(C[C@H](O)[C@H](O)CO)n1. The Hall–Kier alpha value is -0.730. The van der Waals surface area contributed by atoms with Crippen molar-refractivity contribution >= 4 is 12.6 Å². The molecule has 0 radical (unpaired) electrons. The molecule has 0 saturated carbocycles. The zero-order valence-electron chi connectivity index (χ0n) is 11.5. The van der Waals surface area contributed by atoms with E-state index in [2.05, 4.69) is 22.6 Å². The van der Waals surface area contributed by atoms with Gasteiger partial charge in [0.25, 0.3) is 0 Å². The number of rotatable bonds is 9. The number of thiol groups is 1. The molecule has 0 amide bonds. The number of aromatic nitrogens is 2. The third-order valence-corrected chi connectivity index (χ3v) is 3.31. The number of hydrogen-bond acceptors (Lipinski definition) is 7. The summed E-state index contributed by atoms with van der Waals surface area (Å²) in [7, 11) is 1.61. The molecule has 0 aromatic carbocycles. The Morgan fingerprint density at radius 1 is 1.30 bits per heavy atom. The van der Waals surface area contributed by atoms with E-state index in [1.54, 1.807) is 13.3 Å². The Morgan fingerprint density at radius 3 is 2.65 bits per heavy atom. The standard InChI is InChI=1S/C13H22N2O4S/c1-19-13(3-2-4-20)10-7-14-6-9(15-10)5-11(17)12(18)8-16/h6-7,11-13,16-18,20H,2-5,8H2,1H3/t11-,12+,13+/m0/s1. The van der Waals surface area contributed by atoms with E-state index in [0.29, 0.717) is 11.4 Å². The molecule has 0 saturated heterocycles. The first kappa shape index (κ1) is 17.3. The summed E-state index contributed by atoms with van der Waals surface area (Å²) in [5.74, 6) is 0.772. The Kier molecular flexibility index (Phi) is 8.01. The molecule has 0 aliphatic rings. The van der Waals surface area contributed by atoms with Crippen molar-refractivity contribution in [1.82, 2.24) is 9.97 Å². The maximum Gasteiger partial charge on any atom is 0.103 e. The van der Waals surface area contributed by atoms with Gasteiger partial charge >= 0.3 is 0 Å². The molecule has 3 N–H and O–H groups in total. The summed E-state index contributed by atoms with van der Waals surface area (Å²) >= 11 is 4.17. The van der Waals surface area contributed by atoms with Crippen LogP contribution in [0.4, 0.5) is 0 Å². The molecule has 0 aliphatic carbocycles. The van der Waals surface area contributed by atoms with Crippen LogP contribution in [0, 0.1) is 0 Å². The Labute approximate surface area is 124 Å². The van der Waals surface area contributed by atoms with Gasteiger partial charge in [0.05, 0.1) is 30.3 Å². The number of nitrogens with zero attached hydrogens (tertiary/aromatic N) is 2. The minimum Gasteiger partial charge on any atom is -0.394 e. The molecular weight excluding hydrogens is 280 g/mol. The van der Waals surface area contributed by atoms with E-state index in [-0.39, 0.29) is 12.5 Å². The first-order valence-electron chi connectivity index (χ1n) is 6.53. The van der Waals surface area contributed by atoms with Crippen molar-refractivity contribution in [2.24, 2.45) is 0 Å². The Bertz CT molecular complexity index is 394. The van der Waals surface area contributed by atoms with Gasteiger partial charge in [-0.15, -0.1) is 0 Å². The van der Waals surface area contributed by atoms with Crippen LogP contribution in [-0.2, 0) is 11.2 Å². The molecule has 0 aliphatic heterocycles. The summed E-state index contributed by atoms with van der Waals surface area (Å²) < 4.78 is 5.38. The van der Waals surface area contributed by atoms with Crippen molar-refractivity contribution in [3.63, 3.8) is 0 Å². The zero-order chi connectivity index (χ0) is 15.0. The van der Waals surface area contributed by atoms with Crippen LogP contribution in [0.25, 0.3) is 0 Å². The second-order valence-corrected chi connectivity index (χ2v) is 4.99. The molecular formula is C13H22N2O4S. The largest absolute Gasteiger partial charge is 0.394 e. The average molecular weight is 302 g/mol. The summed E-state index contributed by atoms with van der Waals surface area (Å²) in [5.41, 5.74) is 1.24. The molecule has 1 aromatic heterocycles. The minimum absolute atomic E-state index is 0.131. The summed E-state index contributed by atoms with van der Waals surface area (Å²) in [6.07, 6.45) is 2.58.